The van der Waals surface area contributed by atoms with Gasteiger partial charge < -0.3 is 14.5 Å². The van der Waals surface area contributed by atoms with Gasteiger partial charge in [-0.15, -0.1) is 0 Å². The maximum atomic E-state index is 11.0. The van der Waals surface area contributed by atoms with Crippen LogP contribution in [-0.2, 0) is 5.75 Å². The smallest absolute Gasteiger partial charge is 0.371 e. The molecule has 2 aromatic rings. The highest BCUT2D eigenvalue weighted by Crippen LogP contribution is 2.19. The van der Waals surface area contributed by atoms with Crippen molar-refractivity contribution in [3.8, 4) is 0 Å². The summed E-state index contributed by atoms with van der Waals surface area (Å²) in [6.45, 7) is 0. The third kappa shape index (κ3) is 2.97. The summed E-state index contributed by atoms with van der Waals surface area (Å²) in [5.41, 5.74) is -0.229. The van der Waals surface area contributed by atoms with Crippen LogP contribution in [0.4, 0.5) is 0 Å². The van der Waals surface area contributed by atoms with Crippen molar-refractivity contribution in [2.24, 2.45) is 0 Å². The van der Waals surface area contributed by atoms with Gasteiger partial charge in [-0.25, -0.2) is 9.78 Å². The van der Waals surface area contributed by atoms with Crippen LogP contribution < -0.4 is 5.56 Å². The Labute approximate surface area is 99.7 Å². The molecule has 0 atom stereocenters. The number of carboxylic acid groups (broad SMARTS) is 1. The molecule has 0 saturated heterocycles. The second kappa shape index (κ2) is 4.88. The average Bonchev–Trinajstić information content (AvgIpc) is 2.75. The first kappa shape index (κ1) is 11.5. The minimum atomic E-state index is -1.10. The van der Waals surface area contributed by atoms with Crippen LogP contribution in [0.5, 0.6) is 0 Å². The van der Waals surface area contributed by atoms with E-state index >= 15 is 0 Å². The Morgan fingerprint density at radius 1 is 1.47 bits per heavy atom. The topological polar surface area (TPSA) is 96.2 Å². The summed E-state index contributed by atoms with van der Waals surface area (Å²) in [6, 6.07) is 4.29. The fourth-order valence-electron chi connectivity index (χ4n) is 1.14. The molecule has 0 spiro atoms. The van der Waals surface area contributed by atoms with E-state index in [9.17, 15) is 9.59 Å². The van der Waals surface area contributed by atoms with Crippen LogP contribution in [0.3, 0.4) is 0 Å². The molecule has 0 radical (unpaired) electrons. The summed E-state index contributed by atoms with van der Waals surface area (Å²) in [5.74, 6) is -0.290. The van der Waals surface area contributed by atoms with Crippen LogP contribution in [0.2, 0.25) is 0 Å². The Hall–Kier alpha value is -2.02. The number of H-pyrrole nitrogens is 1. The van der Waals surface area contributed by atoms with Gasteiger partial charge in [0.15, 0.2) is 5.16 Å². The van der Waals surface area contributed by atoms with E-state index in [-0.39, 0.29) is 11.3 Å². The zero-order valence-electron chi connectivity index (χ0n) is 8.54. The van der Waals surface area contributed by atoms with Crippen molar-refractivity contribution in [1.82, 2.24) is 9.97 Å². The SMILES string of the molecule is O=C(O)c1ccc(CSc2nccc(=O)[nH]2)o1. The van der Waals surface area contributed by atoms with Gasteiger partial charge in [0.1, 0.15) is 5.76 Å². The first-order chi connectivity index (χ1) is 8.15. The molecule has 2 heterocycles. The number of nitrogens with one attached hydrogen (secondary N) is 1. The number of aromatic amines is 1. The first-order valence-corrected chi connectivity index (χ1v) is 5.64. The molecule has 17 heavy (non-hydrogen) atoms. The lowest BCUT2D eigenvalue weighted by atomic mass is 10.4. The number of carboxylic acids is 1. The van der Waals surface area contributed by atoms with Crippen molar-refractivity contribution in [2.45, 2.75) is 10.9 Å². The summed E-state index contributed by atoms with van der Waals surface area (Å²) < 4.78 is 5.06. The fraction of sp³-hybridized carbons (Fsp3) is 0.100. The molecule has 88 valence electrons. The number of thioether (sulfide) groups is 1. The average molecular weight is 252 g/mol. The fourth-order valence-corrected chi connectivity index (χ4v) is 1.88. The Morgan fingerprint density at radius 2 is 2.29 bits per heavy atom. The van der Waals surface area contributed by atoms with E-state index in [0.717, 1.165) is 0 Å². The van der Waals surface area contributed by atoms with Crippen molar-refractivity contribution in [3.05, 3.63) is 46.3 Å². The van der Waals surface area contributed by atoms with E-state index in [2.05, 4.69) is 9.97 Å². The highest BCUT2D eigenvalue weighted by atomic mass is 32.2. The molecule has 2 N–H and O–H groups in total. The largest absolute Gasteiger partial charge is 0.475 e. The molecule has 6 nitrogen and oxygen atoms in total. The Kier molecular flexibility index (Phi) is 3.29. The summed E-state index contributed by atoms with van der Waals surface area (Å²) in [5, 5.41) is 9.12. The Balaban J connectivity index is 2.02. The molecule has 0 aromatic carbocycles. The van der Waals surface area contributed by atoms with E-state index in [0.29, 0.717) is 16.7 Å². The number of hydrogen-bond donors (Lipinski definition) is 2. The molecule has 2 rings (SSSR count). The van der Waals surface area contributed by atoms with Crippen LogP contribution in [0.15, 0.2) is 38.8 Å². The highest BCUT2D eigenvalue weighted by Gasteiger charge is 2.09. The minimum Gasteiger partial charge on any atom is -0.475 e. The van der Waals surface area contributed by atoms with Crippen molar-refractivity contribution >= 4 is 17.7 Å². The highest BCUT2D eigenvalue weighted by molar-refractivity contribution is 7.98. The molecular formula is C10H8N2O4S. The number of hydrogen-bond acceptors (Lipinski definition) is 5. The molecule has 2 aromatic heterocycles. The molecule has 0 aliphatic heterocycles. The molecule has 0 aliphatic rings. The maximum absolute atomic E-state index is 11.0. The van der Waals surface area contributed by atoms with E-state index < -0.39 is 5.97 Å². The van der Waals surface area contributed by atoms with Gasteiger partial charge in [0.05, 0.1) is 5.75 Å². The van der Waals surface area contributed by atoms with Crippen LogP contribution in [0.25, 0.3) is 0 Å². The zero-order valence-corrected chi connectivity index (χ0v) is 9.36. The summed E-state index contributed by atoms with van der Waals surface area (Å²) in [6.07, 6.45) is 1.41. The molecule has 0 amide bonds. The van der Waals surface area contributed by atoms with Gasteiger partial charge in [-0.2, -0.15) is 0 Å². The summed E-state index contributed by atoms with van der Waals surface area (Å²) >= 11 is 1.26. The minimum absolute atomic E-state index is 0.102. The first-order valence-electron chi connectivity index (χ1n) is 4.65. The lowest BCUT2D eigenvalue weighted by Gasteiger charge is -1.97. The predicted molar refractivity (Wildman–Crippen MR) is 60.1 cm³/mol. The van der Waals surface area contributed by atoms with Gasteiger partial charge in [-0.3, -0.25) is 4.79 Å². The molecule has 0 fully saturated rings. The van der Waals surface area contributed by atoms with Crippen LogP contribution in [0, 0.1) is 0 Å². The Morgan fingerprint density at radius 3 is 2.94 bits per heavy atom. The number of rotatable bonds is 4. The van der Waals surface area contributed by atoms with Crippen molar-refractivity contribution < 1.29 is 14.3 Å². The summed E-state index contributed by atoms with van der Waals surface area (Å²) in [4.78, 5) is 28.0. The maximum Gasteiger partial charge on any atom is 0.371 e. The van der Waals surface area contributed by atoms with E-state index in [1.165, 1.54) is 30.1 Å². The standard InChI is InChI=1S/C10H8N2O4S/c13-8-3-4-11-10(12-8)17-5-6-1-2-7(16-6)9(14)15/h1-4H,5H2,(H,14,15)(H,11,12,13). The number of furan rings is 1. The van der Waals surface area contributed by atoms with E-state index in [1.54, 1.807) is 6.07 Å². The number of nitrogens with zero attached hydrogens (tertiary/aromatic N) is 1. The molecule has 0 aliphatic carbocycles. The predicted octanol–water partition coefficient (Wildman–Crippen LogP) is 1.35. The van der Waals surface area contributed by atoms with Gasteiger partial charge in [0.25, 0.3) is 5.56 Å². The third-order valence-electron chi connectivity index (χ3n) is 1.87. The van der Waals surface area contributed by atoms with E-state index in [4.69, 9.17) is 9.52 Å². The molecule has 7 heteroatoms. The lowest BCUT2D eigenvalue weighted by molar-refractivity contribution is 0.0661. The van der Waals surface area contributed by atoms with Crippen LogP contribution >= 0.6 is 11.8 Å². The molecule has 0 bridgehead atoms. The van der Waals surface area contributed by atoms with Gasteiger partial charge in [0.2, 0.25) is 5.76 Å². The molecule has 0 unspecified atom stereocenters. The van der Waals surface area contributed by atoms with Crippen molar-refractivity contribution in [1.29, 1.82) is 0 Å². The Bertz CT molecular complexity index is 590. The molecule has 0 saturated carbocycles. The van der Waals surface area contributed by atoms with Gasteiger partial charge >= 0.3 is 5.97 Å². The second-order valence-corrected chi connectivity index (χ2v) is 4.06. The lowest BCUT2D eigenvalue weighted by Crippen LogP contribution is -2.05. The normalized spacial score (nSPS) is 10.4. The van der Waals surface area contributed by atoms with E-state index in [1.807, 2.05) is 0 Å². The van der Waals surface area contributed by atoms with Crippen molar-refractivity contribution in [3.63, 3.8) is 0 Å². The third-order valence-corrected chi connectivity index (χ3v) is 2.78. The van der Waals surface area contributed by atoms with Crippen LogP contribution in [0.1, 0.15) is 16.3 Å². The van der Waals surface area contributed by atoms with Crippen molar-refractivity contribution in [2.75, 3.05) is 0 Å². The monoisotopic (exact) mass is 252 g/mol. The van der Waals surface area contributed by atoms with Crippen LogP contribution in [-0.4, -0.2) is 21.0 Å². The number of aromatic nitrogens is 2. The van der Waals surface area contributed by atoms with Gasteiger partial charge in [-0.1, -0.05) is 11.8 Å². The number of carbonyl (C=O) groups is 1. The zero-order chi connectivity index (χ0) is 12.3. The quantitative estimate of drug-likeness (QED) is 0.630. The number of aromatic carboxylic acids is 1. The van der Waals surface area contributed by atoms with Gasteiger partial charge in [-0.05, 0) is 12.1 Å². The second-order valence-electron chi connectivity index (χ2n) is 3.10. The summed E-state index contributed by atoms with van der Waals surface area (Å²) in [7, 11) is 0. The van der Waals surface area contributed by atoms with Gasteiger partial charge in [0, 0.05) is 12.3 Å². The molecular weight excluding hydrogens is 244 g/mol.